The number of benzene rings is 1. The van der Waals surface area contributed by atoms with E-state index in [1.165, 1.54) is 0 Å². The second-order valence-electron chi connectivity index (χ2n) is 4.41. The molecule has 18 heavy (non-hydrogen) atoms. The summed E-state index contributed by atoms with van der Waals surface area (Å²) in [5.41, 5.74) is 7.20. The molecule has 0 aromatic heterocycles. The molecule has 1 aliphatic heterocycles. The van der Waals surface area contributed by atoms with E-state index >= 15 is 0 Å². The van der Waals surface area contributed by atoms with Gasteiger partial charge < -0.3 is 16.0 Å². The van der Waals surface area contributed by atoms with Gasteiger partial charge in [0.25, 0.3) is 0 Å². The number of amidine groups is 1. The third-order valence-electron chi connectivity index (χ3n) is 3.07. The Balaban J connectivity index is 1.90. The normalized spacial score (nSPS) is 17.4. The van der Waals surface area contributed by atoms with Crippen molar-refractivity contribution in [1.82, 2.24) is 4.90 Å². The van der Waals surface area contributed by atoms with Crippen LogP contribution < -0.4 is 5.73 Å². The van der Waals surface area contributed by atoms with Gasteiger partial charge in [0.2, 0.25) is 0 Å². The maximum absolute atomic E-state index is 10.7. The molecule has 0 spiro atoms. The van der Waals surface area contributed by atoms with Gasteiger partial charge in [-0.2, -0.15) is 0 Å². The number of aliphatic carboxylic acids is 1. The van der Waals surface area contributed by atoms with E-state index in [9.17, 15) is 4.79 Å². The molecule has 2 rings (SSSR count). The van der Waals surface area contributed by atoms with Crippen LogP contribution in [-0.4, -0.2) is 40.1 Å². The third kappa shape index (κ3) is 2.60. The maximum Gasteiger partial charge on any atom is 0.309 e. The number of oxime groups is 1. The number of likely N-dealkylation sites (tertiary alicyclic amines) is 1. The van der Waals surface area contributed by atoms with Gasteiger partial charge in [0.05, 0.1) is 5.92 Å². The Morgan fingerprint density at radius 1 is 1.39 bits per heavy atom. The quantitative estimate of drug-likeness (QED) is 0.308. The second kappa shape index (κ2) is 5.05. The molecule has 1 aromatic rings. The second-order valence-corrected chi connectivity index (χ2v) is 4.41. The minimum absolute atomic E-state index is 0.0800. The predicted molar refractivity (Wildman–Crippen MR) is 65.4 cm³/mol. The zero-order valence-electron chi connectivity index (χ0n) is 9.78. The Morgan fingerprint density at radius 2 is 2.00 bits per heavy atom. The number of nitrogens with two attached hydrogens (primary N) is 1. The predicted octanol–water partition coefficient (Wildman–Crippen LogP) is 0.297. The van der Waals surface area contributed by atoms with Crippen LogP contribution in [0.5, 0.6) is 0 Å². The summed E-state index contributed by atoms with van der Waals surface area (Å²) in [6, 6.07) is 7.33. The van der Waals surface area contributed by atoms with Crippen molar-refractivity contribution < 1.29 is 15.1 Å². The van der Waals surface area contributed by atoms with Crippen LogP contribution in [0, 0.1) is 5.92 Å². The van der Waals surface area contributed by atoms with Gasteiger partial charge in [-0.05, 0) is 5.56 Å². The number of rotatable bonds is 4. The number of nitrogens with zero attached hydrogens (tertiary/aromatic N) is 2. The average Bonchev–Trinajstić information content (AvgIpc) is 2.32. The topological polar surface area (TPSA) is 99.2 Å². The van der Waals surface area contributed by atoms with Gasteiger partial charge in [0, 0.05) is 25.2 Å². The Hall–Kier alpha value is -2.08. The molecule has 1 fully saturated rings. The van der Waals surface area contributed by atoms with Gasteiger partial charge in [-0.1, -0.05) is 29.4 Å². The van der Waals surface area contributed by atoms with Crippen molar-refractivity contribution in [2.75, 3.05) is 13.1 Å². The van der Waals surface area contributed by atoms with Gasteiger partial charge in [-0.15, -0.1) is 0 Å². The lowest BCUT2D eigenvalue weighted by Gasteiger charge is -2.36. The smallest absolute Gasteiger partial charge is 0.309 e. The first-order valence-electron chi connectivity index (χ1n) is 5.62. The highest BCUT2D eigenvalue weighted by Crippen LogP contribution is 2.18. The Kier molecular flexibility index (Phi) is 3.47. The van der Waals surface area contributed by atoms with Crippen molar-refractivity contribution in [3.8, 4) is 0 Å². The summed E-state index contributed by atoms with van der Waals surface area (Å²) in [5, 5.41) is 20.2. The fourth-order valence-corrected chi connectivity index (χ4v) is 1.95. The summed E-state index contributed by atoms with van der Waals surface area (Å²) in [6.45, 7) is 1.91. The summed E-state index contributed by atoms with van der Waals surface area (Å²) in [7, 11) is 0. The summed E-state index contributed by atoms with van der Waals surface area (Å²) >= 11 is 0. The summed E-state index contributed by atoms with van der Waals surface area (Å²) in [4.78, 5) is 12.7. The number of carbonyl (C=O) groups is 1. The molecule has 0 aliphatic carbocycles. The maximum atomic E-state index is 10.7. The van der Waals surface area contributed by atoms with E-state index in [-0.39, 0.29) is 11.8 Å². The molecular weight excluding hydrogens is 234 g/mol. The van der Waals surface area contributed by atoms with Gasteiger partial charge in [0.15, 0.2) is 5.84 Å². The van der Waals surface area contributed by atoms with Crippen LogP contribution in [0.4, 0.5) is 0 Å². The van der Waals surface area contributed by atoms with Crippen LogP contribution in [0.25, 0.3) is 0 Å². The first kappa shape index (κ1) is 12.4. The lowest BCUT2D eigenvalue weighted by atomic mass is 9.99. The molecule has 6 nitrogen and oxygen atoms in total. The van der Waals surface area contributed by atoms with Gasteiger partial charge in [-0.25, -0.2) is 0 Å². The molecule has 1 aromatic carbocycles. The third-order valence-corrected chi connectivity index (χ3v) is 3.07. The molecule has 0 radical (unpaired) electrons. The monoisotopic (exact) mass is 249 g/mol. The van der Waals surface area contributed by atoms with E-state index in [4.69, 9.17) is 16.0 Å². The lowest BCUT2D eigenvalue weighted by molar-refractivity contribution is -0.147. The van der Waals surface area contributed by atoms with E-state index in [0.717, 1.165) is 12.1 Å². The number of carboxylic acids is 1. The van der Waals surface area contributed by atoms with Crippen molar-refractivity contribution >= 4 is 11.8 Å². The Bertz CT molecular complexity index is 464. The van der Waals surface area contributed by atoms with Crippen molar-refractivity contribution in [3.05, 3.63) is 35.4 Å². The van der Waals surface area contributed by atoms with E-state index in [0.29, 0.717) is 18.7 Å². The van der Waals surface area contributed by atoms with Crippen LogP contribution >= 0.6 is 0 Å². The number of hydrogen-bond donors (Lipinski definition) is 3. The highest BCUT2D eigenvalue weighted by molar-refractivity contribution is 5.96. The summed E-state index contributed by atoms with van der Waals surface area (Å²) < 4.78 is 0. The zero-order chi connectivity index (χ0) is 13.1. The van der Waals surface area contributed by atoms with E-state index in [1.54, 1.807) is 12.1 Å². The van der Waals surface area contributed by atoms with E-state index in [2.05, 4.69) is 10.1 Å². The fourth-order valence-electron chi connectivity index (χ4n) is 1.95. The van der Waals surface area contributed by atoms with E-state index in [1.807, 2.05) is 12.1 Å². The standard InChI is InChI=1S/C12H15N3O3/c13-11(14-18)9-3-1-8(2-4-9)5-15-6-10(7-15)12(16)17/h1-4,10,18H,5-7H2,(H2,13,14)(H,16,17). The molecule has 4 N–H and O–H groups in total. The fraction of sp³-hybridized carbons (Fsp3) is 0.333. The van der Waals surface area contributed by atoms with Gasteiger partial charge >= 0.3 is 5.97 Å². The lowest BCUT2D eigenvalue weighted by Crippen LogP contribution is -2.49. The van der Waals surface area contributed by atoms with Crippen LogP contribution in [0.15, 0.2) is 29.4 Å². The molecule has 96 valence electrons. The summed E-state index contributed by atoms with van der Waals surface area (Å²) in [5.74, 6) is -0.883. The highest BCUT2D eigenvalue weighted by Gasteiger charge is 2.31. The van der Waals surface area contributed by atoms with Crippen LogP contribution in [0.2, 0.25) is 0 Å². The van der Waals surface area contributed by atoms with Crippen LogP contribution in [0.1, 0.15) is 11.1 Å². The van der Waals surface area contributed by atoms with Crippen LogP contribution in [0.3, 0.4) is 0 Å². The van der Waals surface area contributed by atoms with E-state index < -0.39 is 5.97 Å². The molecule has 0 saturated carbocycles. The average molecular weight is 249 g/mol. The van der Waals surface area contributed by atoms with Gasteiger partial charge in [-0.3, -0.25) is 9.69 Å². The Labute approximate surface area is 104 Å². The van der Waals surface area contributed by atoms with Crippen molar-refractivity contribution in [3.63, 3.8) is 0 Å². The molecule has 6 heteroatoms. The first-order chi connectivity index (χ1) is 8.60. The molecule has 0 atom stereocenters. The minimum atomic E-state index is -0.728. The Morgan fingerprint density at radius 3 is 2.50 bits per heavy atom. The molecule has 0 bridgehead atoms. The SMILES string of the molecule is N/C(=N\O)c1ccc(CN2CC(C(=O)O)C2)cc1. The number of carboxylic acid groups (broad SMARTS) is 1. The summed E-state index contributed by atoms with van der Waals surface area (Å²) in [6.07, 6.45) is 0. The first-order valence-corrected chi connectivity index (χ1v) is 5.62. The van der Waals surface area contributed by atoms with Gasteiger partial charge in [0.1, 0.15) is 0 Å². The minimum Gasteiger partial charge on any atom is -0.481 e. The van der Waals surface area contributed by atoms with Crippen molar-refractivity contribution in [2.24, 2.45) is 16.8 Å². The molecule has 1 aliphatic rings. The van der Waals surface area contributed by atoms with Crippen molar-refractivity contribution in [1.29, 1.82) is 0 Å². The number of hydrogen-bond acceptors (Lipinski definition) is 4. The largest absolute Gasteiger partial charge is 0.481 e. The molecule has 0 amide bonds. The zero-order valence-corrected chi connectivity index (χ0v) is 9.78. The molecule has 1 heterocycles. The highest BCUT2D eigenvalue weighted by atomic mass is 16.4. The molecule has 1 saturated heterocycles. The van der Waals surface area contributed by atoms with Crippen molar-refractivity contribution in [2.45, 2.75) is 6.54 Å². The molecular formula is C12H15N3O3. The van der Waals surface area contributed by atoms with Crippen LogP contribution in [-0.2, 0) is 11.3 Å². The molecule has 0 unspecified atom stereocenters.